The van der Waals surface area contributed by atoms with E-state index in [1.165, 1.54) is 7.11 Å². The highest BCUT2D eigenvalue weighted by Gasteiger charge is 2.36. The van der Waals surface area contributed by atoms with Crippen LogP contribution in [0.2, 0.25) is 0 Å². The van der Waals surface area contributed by atoms with Crippen LogP contribution >= 0.6 is 0 Å². The first-order chi connectivity index (χ1) is 9.56. The summed E-state index contributed by atoms with van der Waals surface area (Å²) in [7, 11) is -1.69. The van der Waals surface area contributed by atoms with Crippen LogP contribution in [-0.4, -0.2) is 73.8 Å². The Morgan fingerprint density at radius 3 is 2.48 bits per heavy atom. The Morgan fingerprint density at radius 2 is 2.05 bits per heavy atom. The number of aliphatic carboxylic acids is 1. The number of sulfone groups is 1. The second kappa shape index (κ2) is 6.61. The first-order valence-electron chi connectivity index (χ1n) is 6.58. The number of amides is 2. The number of carbonyl (C=O) groups excluding carboxylic acids is 1. The number of methoxy groups -OCH3 is 1. The summed E-state index contributed by atoms with van der Waals surface area (Å²) in [6, 6.07) is -1.19. The Hall–Kier alpha value is -1.35. The number of nitrogens with one attached hydrogen (secondary N) is 1. The Morgan fingerprint density at radius 1 is 1.43 bits per heavy atom. The van der Waals surface area contributed by atoms with Gasteiger partial charge in [0, 0.05) is 19.7 Å². The summed E-state index contributed by atoms with van der Waals surface area (Å²) in [5.74, 6) is -1.40. The Labute approximate surface area is 124 Å². The molecule has 9 heteroatoms. The van der Waals surface area contributed by atoms with Crippen molar-refractivity contribution >= 4 is 21.8 Å². The number of ether oxygens (including phenoxy) is 1. The second-order valence-corrected chi connectivity index (χ2v) is 7.93. The number of urea groups is 1. The maximum atomic E-state index is 12.1. The highest BCUT2D eigenvalue weighted by Crippen LogP contribution is 2.18. The summed E-state index contributed by atoms with van der Waals surface area (Å²) in [6.45, 7) is 3.21. The number of nitrogens with zero attached hydrogens (tertiary/aromatic N) is 1. The van der Waals surface area contributed by atoms with E-state index in [1.54, 1.807) is 13.8 Å². The summed E-state index contributed by atoms with van der Waals surface area (Å²) in [4.78, 5) is 24.1. The van der Waals surface area contributed by atoms with E-state index in [2.05, 4.69) is 5.32 Å². The van der Waals surface area contributed by atoms with E-state index < -0.39 is 40.0 Å². The van der Waals surface area contributed by atoms with Gasteiger partial charge in [0.2, 0.25) is 0 Å². The molecule has 1 atom stereocenters. The topological polar surface area (TPSA) is 113 Å². The monoisotopic (exact) mass is 322 g/mol. The van der Waals surface area contributed by atoms with Gasteiger partial charge in [-0.05, 0) is 20.3 Å². The molecule has 2 amide bonds. The van der Waals surface area contributed by atoms with Gasteiger partial charge >= 0.3 is 12.0 Å². The molecule has 0 bridgehead atoms. The largest absolute Gasteiger partial charge is 0.480 e. The van der Waals surface area contributed by atoms with Crippen LogP contribution in [0.15, 0.2) is 0 Å². The second-order valence-electron chi connectivity index (χ2n) is 5.70. The fourth-order valence-corrected chi connectivity index (χ4v) is 3.73. The minimum absolute atomic E-state index is 0.0232. The molecule has 0 spiro atoms. The molecule has 1 fully saturated rings. The van der Waals surface area contributed by atoms with Crippen molar-refractivity contribution in [1.29, 1.82) is 0 Å². The zero-order chi connectivity index (χ0) is 16.3. The fourth-order valence-electron chi connectivity index (χ4n) is 2.00. The third-order valence-corrected chi connectivity index (χ3v) is 5.18. The average molecular weight is 322 g/mol. The molecular weight excluding hydrogens is 300 g/mol. The third-order valence-electron chi connectivity index (χ3n) is 3.43. The predicted octanol–water partition coefficient (Wildman–Crippen LogP) is -0.305. The maximum Gasteiger partial charge on any atom is 0.323 e. The van der Waals surface area contributed by atoms with Gasteiger partial charge < -0.3 is 20.1 Å². The van der Waals surface area contributed by atoms with Crippen LogP contribution in [0, 0.1) is 0 Å². The van der Waals surface area contributed by atoms with Gasteiger partial charge in [-0.15, -0.1) is 0 Å². The van der Waals surface area contributed by atoms with Gasteiger partial charge in [0.15, 0.2) is 9.84 Å². The van der Waals surface area contributed by atoms with Crippen molar-refractivity contribution in [3.8, 4) is 0 Å². The summed E-state index contributed by atoms with van der Waals surface area (Å²) < 4.78 is 28.1. The molecule has 1 saturated heterocycles. The molecule has 0 aromatic carbocycles. The average Bonchev–Trinajstić information content (AvgIpc) is 2.73. The van der Waals surface area contributed by atoms with E-state index in [0.717, 1.165) is 4.90 Å². The van der Waals surface area contributed by atoms with Crippen LogP contribution in [0.1, 0.15) is 20.3 Å². The Balaban J connectivity index is 2.74. The van der Waals surface area contributed by atoms with Gasteiger partial charge in [0.05, 0.1) is 17.1 Å². The van der Waals surface area contributed by atoms with Crippen molar-refractivity contribution in [2.75, 3.05) is 31.7 Å². The van der Waals surface area contributed by atoms with Crippen LogP contribution in [0.25, 0.3) is 0 Å². The highest BCUT2D eigenvalue weighted by molar-refractivity contribution is 7.91. The van der Waals surface area contributed by atoms with E-state index in [-0.39, 0.29) is 24.5 Å². The Kier molecular flexibility index (Phi) is 5.57. The number of carbonyl (C=O) groups is 2. The predicted molar refractivity (Wildman–Crippen MR) is 75.9 cm³/mol. The lowest BCUT2D eigenvalue weighted by Crippen LogP contribution is -2.51. The summed E-state index contributed by atoms with van der Waals surface area (Å²) in [6.07, 6.45) is 0.261. The van der Waals surface area contributed by atoms with E-state index in [1.807, 2.05) is 0 Å². The fraction of sp³-hybridized carbons (Fsp3) is 0.833. The first-order valence-corrected chi connectivity index (χ1v) is 8.40. The lowest BCUT2D eigenvalue weighted by Gasteiger charge is -2.29. The number of carboxylic acid groups (broad SMARTS) is 1. The van der Waals surface area contributed by atoms with E-state index >= 15 is 0 Å². The van der Waals surface area contributed by atoms with E-state index in [0.29, 0.717) is 0 Å². The van der Waals surface area contributed by atoms with Crippen molar-refractivity contribution in [3.63, 3.8) is 0 Å². The molecule has 1 unspecified atom stereocenters. The van der Waals surface area contributed by atoms with Gasteiger partial charge in [0.1, 0.15) is 6.54 Å². The van der Waals surface area contributed by atoms with E-state index in [9.17, 15) is 18.0 Å². The molecule has 21 heavy (non-hydrogen) atoms. The van der Waals surface area contributed by atoms with Crippen molar-refractivity contribution in [1.82, 2.24) is 10.2 Å². The minimum atomic E-state index is -3.20. The third kappa shape index (κ3) is 5.50. The van der Waals surface area contributed by atoms with Gasteiger partial charge in [-0.2, -0.15) is 0 Å². The Bertz CT molecular complexity index is 502. The van der Waals surface area contributed by atoms with Crippen molar-refractivity contribution in [3.05, 3.63) is 0 Å². The van der Waals surface area contributed by atoms with Crippen LogP contribution in [0.3, 0.4) is 0 Å². The molecule has 122 valence electrons. The molecule has 1 heterocycles. The molecule has 0 aromatic heterocycles. The maximum absolute atomic E-state index is 12.1. The summed E-state index contributed by atoms with van der Waals surface area (Å²) in [5, 5.41) is 11.5. The molecule has 0 radical (unpaired) electrons. The van der Waals surface area contributed by atoms with Crippen molar-refractivity contribution in [2.24, 2.45) is 0 Å². The molecule has 1 aliphatic heterocycles. The molecule has 0 aromatic rings. The molecular formula is C12H22N2O6S. The lowest BCUT2D eigenvalue weighted by atomic mass is 10.1. The first kappa shape index (κ1) is 17.7. The number of carboxylic acids is 1. The lowest BCUT2D eigenvalue weighted by molar-refractivity contribution is -0.138. The van der Waals surface area contributed by atoms with Crippen LogP contribution in [-0.2, 0) is 19.4 Å². The zero-order valence-electron chi connectivity index (χ0n) is 12.5. The standard InChI is InChI=1S/C12H22N2O6S/c1-12(2,20-3)8-13-11(17)14(6-10(15)16)9-4-5-21(18,19)7-9/h9H,4-8H2,1-3H3,(H,13,17)(H,15,16). The normalized spacial score (nSPS) is 21.0. The molecule has 0 aliphatic carbocycles. The van der Waals surface area contributed by atoms with Gasteiger partial charge in [-0.1, -0.05) is 0 Å². The molecule has 8 nitrogen and oxygen atoms in total. The quantitative estimate of drug-likeness (QED) is 0.694. The molecule has 1 aliphatic rings. The van der Waals surface area contributed by atoms with Gasteiger partial charge in [-0.3, -0.25) is 4.79 Å². The SMILES string of the molecule is COC(C)(C)CNC(=O)N(CC(=O)O)C1CCS(=O)(=O)C1. The van der Waals surface area contributed by atoms with E-state index in [4.69, 9.17) is 9.84 Å². The van der Waals surface area contributed by atoms with Crippen LogP contribution in [0.4, 0.5) is 4.79 Å². The molecule has 0 saturated carbocycles. The molecule has 2 N–H and O–H groups in total. The van der Waals surface area contributed by atoms with Gasteiger partial charge in [0.25, 0.3) is 0 Å². The number of hydrogen-bond donors (Lipinski definition) is 2. The number of hydrogen-bond acceptors (Lipinski definition) is 5. The minimum Gasteiger partial charge on any atom is -0.480 e. The smallest absolute Gasteiger partial charge is 0.323 e. The van der Waals surface area contributed by atoms with Gasteiger partial charge in [-0.25, -0.2) is 13.2 Å². The summed E-state index contributed by atoms with van der Waals surface area (Å²) in [5.41, 5.74) is -0.591. The van der Waals surface area contributed by atoms with Crippen molar-refractivity contribution in [2.45, 2.75) is 31.9 Å². The highest BCUT2D eigenvalue weighted by atomic mass is 32.2. The zero-order valence-corrected chi connectivity index (χ0v) is 13.3. The van der Waals surface area contributed by atoms with Crippen molar-refractivity contribution < 1.29 is 27.9 Å². The molecule has 1 rings (SSSR count). The number of rotatable bonds is 6. The van der Waals surface area contributed by atoms with Crippen LogP contribution in [0.5, 0.6) is 0 Å². The van der Waals surface area contributed by atoms with Crippen LogP contribution < -0.4 is 5.32 Å². The summed E-state index contributed by atoms with van der Waals surface area (Å²) >= 11 is 0.